The molecule has 0 saturated carbocycles. The van der Waals surface area contributed by atoms with E-state index in [4.69, 9.17) is 0 Å². The maximum absolute atomic E-state index is 3.66. The summed E-state index contributed by atoms with van der Waals surface area (Å²) in [7, 11) is 0. The van der Waals surface area contributed by atoms with Gasteiger partial charge >= 0.3 is 0 Å². The van der Waals surface area contributed by atoms with Crippen molar-refractivity contribution < 1.29 is 0 Å². The molecule has 0 amide bonds. The lowest BCUT2D eigenvalue weighted by molar-refractivity contribution is 1.62. The van der Waals surface area contributed by atoms with Crippen LogP contribution in [0.25, 0.3) is 18.2 Å². The zero-order valence-corrected chi connectivity index (χ0v) is 10.3. The number of benzene rings is 2. The summed E-state index contributed by atoms with van der Waals surface area (Å²) in [6, 6.07) is 18.7. The Labute approximate surface area is 109 Å². The van der Waals surface area contributed by atoms with Gasteiger partial charge in [-0.05, 0) is 16.7 Å². The van der Waals surface area contributed by atoms with Crippen LogP contribution in [0.15, 0.2) is 73.3 Å². The molecule has 0 spiro atoms. The van der Waals surface area contributed by atoms with Gasteiger partial charge in [0.05, 0.1) is 0 Å². The fourth-order valence-corrected chi connectivity index (χ4v) is 1.65. The summed E-state index contributed by atoms with van der Waals surface area (Å²) in [5.74, 6) is 0. The van der Waals surface area contributed by atoms with E-state index in [1.807, 2.05) is 30.4 Å². The highest BCUT2D eigenvalue weighted by Crippen LogP contribution is 2.10. The molecule has 0 atom stereocenters. The molecule has 2 rings (SSSR count). The van der Waals surface area contributed by atoms with Crippen LogP contribution in [-0.4, -0.2) is 0 Å². The minimum atomic E-state index is 1.19. The third-order valence-corrected chi connectivity index (χ3v) is 2.63. The van der Waals surface area contributed by atoms with Crippen molar-refractivity contribution in [3.63, 3.8) is 0 Å². The molecule has 0 N–H and O–H groups in total. The van der Waals surface area contributed by atoms with Gasteiger partial charge in [0.15, 0.2) is 0 Å². The van der Waals surface area contributed by atoms with Gasteiger partial charge < -0.3 is 0 Å². The quantitative estimate of drug-likeness (QED) is 0.510. The zero-order valence-electron chi connectivity index (χ0n) is 10.3. The van der Waals surface area contributed by atoms with E-state index in [2.05, 4.69) is 55.1 Å². The van der Waals surface area contributed by atoms with Gasteiger partial charge in [0.25, 0.3) is 0 Å². The molecular formula is C18H16. The smallest absolute Gasteiger partial charge is 0.0256 e. The summed E-state index contributed by atoms with van der Waals surface area (Å²) in [4.78, 5) is 0. The van der Waals surface area contributed by atoms with Crippen LogP contribution >= 0.6 is 0 Å². The SMILES string of the molecule is C=CC=Cc1ccc(C=Cc2ccccc2)cc1. The molecule has 0 aliphatic heterocycles. The van der Waals surface area contributed by atoms with Crippen LogP contribution in [0.2, 0.25) is 0 Å². The van der Waals surface area contributed by atoms with Crippen LogP contribution < -0.4 is 0 Å². The van der Waals surface area contributed by atoms with E-state index < -0.39 is 0 Å². The van der Waals surface area contributed by atoms with Gasteiger partial charge in [-0.2, -0.15) is 0 Å². The molecule has 0 nitrogen and oxygen atoms in total. The Morgan fingerprint density at radius 2 is 1.11 bits per heavy atom. The van der Waals surface area contributed by atoms with Crippen LogP contribution in [0.5, 0.6) is 0 Å². The molecule has 0 heterocycles. The normalized spacial score (nSPS) is 11.1. The first kappa shape index (κ1) is 12.1. The van der Waals surface area contributed by atoms with Crippen molar-refractivity contribution in [2.75, 3.05) is 0 Å². The lowest BCUT2D eigenvalue weighted by Crippen LogP contribution is -1.74. The fraction of sp³-hybridized carbons (Fsp3) is 0. The molecule has 0 heteroatoms. The van der Waals surface area contributed by atoms with Gasteiger partial charge in [0.2, 0.25) is 0 Å². The molecular weight excluding hydrogens is 216 g/mol. The monoisotopic (exact) mass is 232 g/mol. The van der Waals surface area contributed by atoms with Crippen LogP contribution in [0.1, 0.15) is 16.7 Å². The van der Waals surface area contributed by atoms with E-state index in [9.17, 15) is 0 Å². The van der Waals surface area contributed by atoms with Crippen molar-refractivity contribution in [1.82, 2.24) is 0 Å². The van der Waals surface area contributed by atoms with E-state index in [1.54, 1.807) is 6.08 Å². The summed E-state index contributed by atoms with van der Waals surface area (Å²) in [5, 5.41) is 0. The molecule has 0 aliphatic carbocycles. The molecule has 2 aromatic carbocycles. The fourth-order valence-electron chi connectivity index (χ4n) is 1.65. The minimum absolute atomic E-state index is 1.19. The summed E-state index contributed by atoms with van der Waals surface area (Å²) >= 11 is 0. The van der Waals surface area contributed by atoms with Gasteiger partial charge in [-0.15, -0.1) is 0 Å². The van der Waals surface area contributed by atoms with E-state index in [0.717, 1.165) is 0 Å². The first-order chi connectivity index (χ1) is 8.88. The average molecular weight is 232 g/mol. The standard InChI is InChI=1S/C18H16/c1-2-3-7-17-11-14-18(15-12-17)13-10-16-8-5-4-6-9-16/h2-15H,1H2. The van der Waals surface area contributed by atoms with Gasteiger partial charge in [0, 0.05) is 0 Å². The Morgan fingerprint density at radius 3 is 1.67 bits per heavy atom. The lowest BCUT2D eigenvalue weighted by Gasteiger charge is -1.96. The molecule has 0 aliphatic rings. The van der Waals surface area contributed by atoms with Crippen LogP contribution in [-0.2, 0) is 0 Å². The van der Waals surface area contributed by atoms with Crippen molar-refractivity contribution in [3.8, 4) is 0 Å². The number of rotatable bonds is 4. The highest BCUT2D eigenvalue weighted by atomic mass is 13.9. The van der Waals surface area contributed by atoms with Crippen molar-refractivity contribution >= 4 is 18.2 Å². The molecule has 2 aromatic rings. The number of hydrogen-bond acceptors (Lipinski definition) is 0. The molecule has 0 radical (unpaired) electrons. The Kier molecular flexibility index (Phi) is 4.32. The van der Waals surface area contributed by atoms with Crippen molar-refractivity contribution in [2.24, 2.45) is 0 Å². The van der Waals surface area contributed by atoms with Crippen LogP contribution in [0.3, 0.4) is 0 Å². The third-order valence-electron chi connectivity index (χ3n) is 2.63. The predicted molar refractivity (Wildman–Crippen MR) is 81.0 cm³/mol. The summed E-state index contributed by atoms with van der Waals surface area (Å²) < 4.78 is 0. The van der Waals surface area contributed by atoms with Crippen molar-refractivity contribution in [1.29, 1.82) is 0 Å². The molecule has 18 heavy (non-hydrogen) atoms. The second-order valence-electron chi connectivity index (χ2n) is 4.01. The first-order valence-electron chi connectivity index (χ1n) is 6.01. The topological polar surface area (TPSA) is 0 Å². The van der Waals surface area contributed by atoms with Gasteiger partial charge in [-0.25, -0.2) is 0 Å². The minimum Gasteiger partial charge on any atom is -0.0991 e. The second kappa shape index (κ2) is 6.41. The summed E-state index contributed by atoms with van der Waals surface area (Å²) in [6.45, 7) is 3.66. The second-order valence-corrected chi connectivity index (χ2v) is 4.01. The third kappa shape index (κ3) is 3.60. The molecule has 0 bridgehead atoms. The highest BCUT2D eigenvalue weighted by Gasteiger charge is 1.88. The molecule has 0 aromatic heterocycles. The zero-order chi connectivity index (χ0) is 12.6. The van der Waals surface area contributed by atoms with Crippen molar-refractivity contribution in [3.05, 3.63) is 90.0 Å². The summed E-state index contributed by atoms with van der Waals surface area (Å²) in [6.07, 6.45) is 10.0. The van der Waals surface area contributed by atoms with Crippen LogP contribution in [0, 0.1) is 0 Å². The van der Waals surface area contributed by atoms with E-state index in [0.29, 0.717) is 0 Å². The lowest BCUT2D eigenvalue weighted by atomic mass is 10.1. The average Bonchev–Trinajstić information content (AvgIpc) is 2.45. The Hall–Kier alpha value is -2.34. The van der Waals surface area contributed by atoms with Crippen LogP contribution in [0.4, 0.5) is 0 Å². The Bertz CT molecular complexity index is 542. The number of hydrogen-bond donors (Lipinski definition) is 0. The van der Waals surface area contributed by atoms with Gasteiger partial charge in [-0.3, -0.25) is 0 Å². The Balaban J connectivity index is 2.09. The predicted octanol–water partition coefficient (Wildman–Crippen LogP) is 5.06. The van der Waals surface area contributed by atoms with E-state index in [-0.39, 0.29) is 0 Å². The molecule has 88 valence electrons. The van der Waals surface area contributed by atoms with Gasteiger partial charge in [-0.1, -0.05) is 91.6 Å². The Morgan fingerprint density at radius 1 is 0.611 bits per heavy atom. The maximum atomic E-state index is 3.66. The molecule has 0 unspecified atom stereocenters. The van der Waals surface area contributed by atoms with Crippen molar-refractivity contribution in [2.45, 2.75) is 0 Å². The van der Waals surface area contributed by atoms with E-state index in [1.165, 1.54) is 16.7 Å². The van der Waals surface area contributed by atoms with E-state index >= 15 is 0 Å². The molecule has 0 saturated heterocycles. The maximum Gasteiger partial charge on any atom is -0.0256 e. The largest absolute Gasteiger partial charge is 0.0991 e. The number of allylic oxidation sites excluding steroid dienone is 2. The first-order valence-corrected chi connectivity index (χ1v) is 6.01. The van der Waals surface area contributed by atoms with Gasteiger partial charge in [0.1, 0.15) is 0 Å². The highest BCUT2D eigenvalue weighted by molar-refractivity contribution is 5.70. The summed E-state index contributed by atoms with van der Waals surface area (Å²) in [5.41, 5.74) is 3.61. The molecule has 0 fully saturated rings.